The molecule has 2 N–H and O–H groups in total. The SMILES string of the molecule is COc1cc(OC)cc(C(C)(C)OC(=O)NC(COC(C)(C)C)C(=O)O)c1. The Morgan fingerprint density at radius 1 is 1.04 bits per heavy atom. The zero-order valence-electron chi connectivity index (χ0n) is 16.9. The fraction of sp³-hybridized carbons (Fsp3) is 0.579. The molecule has 27 heavy (non-hydrogen) atoms. The number of hydrogen-bond acceptors (Lipinski definition) is 6. The Hall–Kier alpha value is -2.48. The molecular weight excluding hydrogens is 354 g/mol. The van der Waals surface area contributed by atoms with Crippen molar-refractivity contribution >= 4 is 12.1 Å². The van der Waals surface area contributed by atoms with Gasteiger partial charge in [0.1, 0.15) is 17.1 Å². The lowest BCUT2D eigenvalue weighted by molar-refractivity contribution is -0.142. The molecule has 0 aromatic heterocycles. The molecule has 0 heterocycles. The highest BCUT2D eigenvalue weighted by Crippen LogP contribution is 2.32. The van der Waals surface area contributed by atoms with E-state index >= 15 is 0 Å². The summed E-state index contributed by atoms with van der Waals surface area (Å²) >= 11 is 0. The number of carbonyl (C=O) groups excluding carboxylic acids is 1. The predicted octanol–water partition coefficient (Wildman–Crippen LogP) is 2.93. The van der Waals surface area contributed by atoms with Crippen LogP contribution in [0, 0.1) is 0 Å². The van der Waals surface area contributed by atoms with E-state index in [1.54, 1.807) is 52.8 Å². The number of carbonyl (C=O) groups is 2. The third-order valence-electron chi connectivity index (χ3n) is 3.67. The van der Waals surface area contributed by atoms with Crippen molar-refractivity contribution in [2.24, 2.45) is 0 Å². The van der Waals surface area contributed by atoms with E-state index in [0.29, 0.717) is 17.1 Å². The second kappa shape index (κ2) is 8.94. The van der Waals surface area contributed by atoms with E-state index in [1.807, 2.05) is 0 Å². The summed E-state index contributed by atoms with van der Waals surface area (Å²) in [5, 5.41) is 11.6. The van der Waals surface area contributed by atoms with Crippen molar-refractivity contribution in [2.45, 2.75) is 51.9 Å². The molecule has 152 valence electrons. The maximum Gasteiger partial charge on any atom is 0.408 e. The van der Waals surface area contributed by atoms with Gasteiger partial charge in [-0.3, -0.25) is 0 Å². The Bertz CT molecular complexity index is 642. The van der Waals surface area contributed by atoms with E-state index in [9.17, 15) is 14.7 Å². The molecule has 8 nitrogen and oxygen atoms in total. The summed E-state index contributed by atoms with van der Waals surface area (Å²) in [6.45, 7) is 8.57. The molecule has 8 heteroatoms. The molecule has 1 unspecified atom stereocenters. The molecular formula is C19H29NO7. The van der Waals surface area contributed by atoms with Crippen LogP contribution < -0.4 is 14.8 Å². The molecule has 0 aliphatic carbocycles. The number of amides is 1. The van der Waals surface area contributed by atoms with Crippen LogP contribution in [0.2, 0.25) is 0 Å². The largest absolute Gasteiger partial charge is 0.497 e. The van der Waals surface area contributed by atoms with E-state index in [-0.39, 0.29) is 6.61 Å². The van der Waals surface area contributed by atoms with Gasteiger partial charge in [0.15, 0.2) is 6.04 Å². The Labute approximate surface area is 159 Å². The van der Waals surface area contributed by atoms with Crippen molar-refractivity contribution in [3.05, 3.63) is 23.8 Å². The maximum atomic E-state index is 12.3. The van der Waals surface area contributed by atoms with Gasteiger partial charge in [-0.2, -0.15) is 0 Å². The number of carboxylic acids is 1. The first-order valence-electron chi connectivity index (χ1n) is 8.48. The fourth-order valence-electron chi connectivity index (χ4n) is 2.13. The van der Waals surface area contributed by atoms with Crippen molar-refractivity contribution < 1.29 is 33.6 Å². The summed E-state index contributed by atoms with van der Waals surface area (Å²) in [6.07, 6.45) is -0.869. The van der Waals surface area contributed by atoms with Gasteiger partial charge in [-0.05, 0) is 46.8 Å². The van der Waals surface area contributed by atoms with Crippen molar-refractivity contribution in [3.8, 4) is 11.5 Å². The first-order chi connectivity index (χ1) is 12.4. The normalized spacial score (nSPS) is 12.9. The number of hydrogen-bond donors (Lipinski definition) is 2. The third-order valence-corrected chi connectivity index (χ3v) is 3.67. The Morgan fingerprint density at radius 2 is 1.56 bits per heavy atom. The molecule has 1 aromatic carbocycles. The lowest BCUT2D eigenvalue weighted by atomic mass is 9.97. The summed E-state index contributed by atoms with van der Waals surface area (Å²) in [7, 11) is 3.04. The maximum absolute atomic E-state index is 12.3. The van der Waals surface area contributed by atoms with E-state index in [0.717, 1.165) is 0 Å². The molecule has 0 radical (unpaired) electrons. The average molecular weight is 383 g/mol. The Morgan fingerprint density at radius 3 is 1.96 bits per heavy atom. The molecule has 0 saturated heterocycles. The van der Waals surface area contributed by atoms with E-state index in [4.69, 9.17) is 18.9 Å². The molecule has 0 fully saturated rings. The minimum atomic E-state index is -1.23. The molecule has 0 aliphatic heterocycles. The minimum absolute atomic E-state index is 0.179. The van der Waals surface area contributed by atoms with Crippen LogP contribution in [0.3, 0.4) is 0 Å². The fourth-order valence-corrected chi connectivity index (χ4v) is 2.13. The Kier molecular flexibility index (Phi) is 7.47. The van der Waals surface area contributed by atoms with E-state index in [2.05, 4.69) is 5.32 Å². The second-order valence-corrected chi connectivity index (χ2v) is 7.46. The van der Waals surface area contributed by atoms with Crippen molar-refractivity contribution in [1.82, 2.24) is 5.32 Å². The van der Waals surface area contributed by atoms with Gasteiger partial charge in [0, 0.05) is 11.6 Å². The molecule has 1 atom stereocenters. The highest BCUT2D eigenvalue weighted by Gasteiger charge is 2.30. The molecule has 0 spiro atoms. The van der Waals surface area contributed by atoms with Gasteiger partial charge in [-0.1, -0.05) is 0 Å². The standard InChI is InChI=1S/C19H29NO7/c1-18(2,3)26-11-15(16(21)22)20-17(23)27-19(4,5)12-8-13(24-6)10-14(9-12)25-7/h8-10,15H,11H2,1-7H3,(H,20,23)(H,21,22). The van der Waals surface area contributed by atoms with Gasteiger partial charge in [0.25, 0.3) is 0 Å². The lowest BCUT2D eigenvalue weighted by Gasteiger charge is -2.28. The first kappa shape index (κ1) is 22.6. The molecule has 0 aliphatic rings. The molecule has 0 saturated carbocycles. The predicted molar refractivity (Wildman–Crippen MR) is 99.3 cm³/mol. The number of aliphatic carboxylic acids is 1. The topological polar surface area (TPSA) is 103 Å². The van der Waals surface area contributed by atoms with Gasteiger partial charge in [-0.25, -0.2) is 9.59 Å². The number of ether oxygens (including phenoxy) is 4. The van der Waals surface area contributed by atoms with Crippen LogP contribution in [0.15, 0.2) is 18.2 Å². The number of carboxylic acid groups (broad SMARTS) is 1. The summed E-state index contributed by atoms with van der Waals surface area (Å²) < 4.78 is 21.4. The summed E-state index contributed by atoms with van der Waals surface area (Å²) in [4.78, 5) is 23.6. The summed E-state index contributed by atoms with van der Waals surface area (Å²) in [5.41, 5.74) is -0.957. The van der Waals surface area contributed by atoms with Crippen molar-refractivity contribution in [1.29, 1.82) is 0 Å². The number of rotatable bonds is 8. The number of alkyl carbamates (subject to hydrolysis) is 1. The zero-order valence-corrected chi connectivity index (χ0v) is 16.9. The zero-order chi connectivity index (χ0) is 20.8. The van der Waals surface area contributed by atoms with Gasteiger partial charge in [-0.15, -0.1) is 0 Å². The summed E-state index contributed by atoms with van der Waals surface area (Å²) in [5.74, 6) is -0.121. The van der Waals surface area contributed by atoms with Gasteiger partial charge >= 0.3 is 12.1 Å². The quantitative estimate of drug-likeness (QED) is 0.711. The van der Waals surface area contributed by atoms with Gasteiger partial charge in [0.05, 0.1) is 26.4 Å². The van der Waals surface area contributed by atoms with E-state index < -0.39 is 29.3 Å². The van der Waals surface area contributed by atoms with Crippen LogP contribution in [0.1, 0.15) is 40.2 Å². The van der Waals surface area contributed by atoms with Crippen LogP contribution in [0.4, 0.5) is 4.79 Å². The van der Waals surface area contributed by atoms with Crippen molar-refractivity contribution in [2.75, 3.05) is 20.8 Å². The van der Waals surface area contributed by atoms with Crippen molar-refractivity contribution in [3.63, 3.8) is 0 Å². The van der Waals surface area contributed by atoms with E-state index in [1.165, 1.54) is 14.2 Å². The van der Waals surface area contributed by atoms with Crippen LogP contribution in [-0.4, -0.2) is 49.6 Å². The number of nitrogens with one attached hydrogen (secondary N) is 1. The smallest absolute Gasteiger partial charge is 0.408 e. The second-order valence-electron chi connectivity index (χ2n) is 7.46. The third kappa shape index (κ3) is 7.34. The number of methoxy groups -OCH3 is 2. The molecule has 1 rings (SSSR count). The van der Waals surface area contributed by atoms with Crippen LogP contribution in [0.25, 0.3) is 0 Å². The van der Waals surface area contributed by atoms with Crippen LogP contribution in [0.5, 0.6) is 11.5 Å². The highest BCUT2D eigenvalue weighted by atomic mass is 16.6. The summed E-state index contributed by atoms with van der Waals surface area (Å²) in [6, 6.07) is 3.90. The number of benzene rings is 1. The first-order valence-corrected chi connectivity index (χ1v) is 8.48. The molecule has 0 bridgehead atoms. The Balaban J connectivity index is 2.88. The lowest BCUT2D eigenvalue weighted by Crippen LogP contribution is -2.47. The van der Waals surface area contributed by atoms with Gasteiger partial charge in [0.2, 0.25) is 0 Å². The average Bonchev–Trinajstić information content (AvgIpc) is 2.56. The van der Waals surface area contributed by atoms with Gasteiger partial charge < -0.3 is 29.4 Å². The van der Waals surface area contributed by atoms with Crippen LogP contribution >= 0.6 is 0 Å². The minimum Gasteiger partial charge on any atom is -0.497 e. The molecule has 1 aromatic rings. The highest BCUT2D eigenvalue weighted by molar-refractivity contribution is 5.80. The molecule has 1 amide bonds. The van der Waals surface area contributed by atoms with Crippen LogP contribution in [-0.2, 0) is 19.9 Å². The monoisotopic (exact) mass is 383 g/mol.